The zero-order valence-corrected chi connectivity index (χ0v) is 23.3. The number of carbonyl (C=O) groups excluding carboxylic acids is 2. The Kier molecular flexibility index (Phi) is 10.0. The monoisotopic (exact) mass is 586 g/mol. The van der Waals surface area contributed by atoms with Crippen LogP contribution in [0.5, 0.6) is 11.5 Å². The molecule has 3 aromatic rings. The number of piperazine rings is 1. The molecule has 1 fully saturated rings. The van der Waals surface area contributed by atoms with Crippen molar-refractivity contribution in [2.24, 2.45) is 0 Å². The van der Waals surface area contributed by atoms with Gasteiger partial charge in [0.15, 0.2) is 5.69 Å². The maximum atomic E-state index is 13.3. The van der Waals surface area contributed by atoms with Crippen molar-refractivity contribution in [2.75, 3.05) is 50.8 Å². The van der Waals surface area contributed by atoms with Gasteiger partial charge in [-0.25, -0.2) is 4.68 Å². The van der Waals surface area contributed by atoms with E-state index in [1.165, 1.54) is 29.1 Å². The Balaban J connectivity index is 1.47. The number of nitrogens with one attached hydrogen (secondary N) is 1. The Hall–Kier alpha value is -4.55. The van der Waals surface area contributed by atoms with Gasteiger partial charge in [0.1, 0.15) is 23.7 Å². The van der Waals surface area contributed by atoms with Gasteiger partial charge in [0, 0.05) is 31.7 Å². The zero-order chi connectivity index (χ0) is 30.1. The number of rotatable bonds is 12. The van der Waals surface area contributed by atoms with Crippen LogP contribution in [0.3, 0.4) is 0 Å². The molecule has 1 N–H and O–H groups in total. The first-order valence-electron chi connectivity index (χ1n) is 13.6. The van der Waals surface area contributed by atoms with Crippen LogP contribution in [0.25, 0.3) is 5.69 Å². The van der Waals surface area contributed by atoms with Crippen molar-refractivity contribution >= 4 is 17.5 Å². The number of para-hydroxylation sites is 2. The quantitative estimate of drug-likeness (QED) is 0.250. The van der Waals surface area contributed by atoms with Crippen LogP contribution in [0.1, 0.15) is 40.6 Å². The molecule has 1 saturated heterocycles. The molecule has 2 amide bonds. The molecule has 42 heavy (non-hydrogen) atoms. The average molecular weight is 587 g/mol. The van der Waals surface area contributed by atoms with Crippen LogP contribution in [0, 0.1) is 0 Å². The number of benzene rings is 2. The number of nitrogens with zero attached hydrogens (tertiary/aromatic N) is 5. The number of anilines is 1. The lowest BCUT2D eigenvalue weighted by molar-refractivity contribution is -0.123. The number of amides is 2. The van der Waals surface area contributed by atoms with Gasteiger partial charge in [-0.05, 0) is 50.1 Å². The summed E-state index contributed by atoms with van der Waals surface area (Å²) in [5.74, 6) is -0.166. The lowest BCUT2D eigenvalue weighted by Crippen LogP contribution is -2.49. The second-order valence-electron chi connectivity index (χ2n) is 9.49. The molecular weight excluding hydrogens is 553 g/mol. The number of allylic oxidation sites excluding steroid dienone is 1. The summed E-state index contributed by atoms with van der Waals surface area (Å²) in [6.07, 6.45) is -0.0143. The summed E-state index contributed by atoms with van der Waals surface area (Å²) < 4.78 is 50.7. The van der Waals surface area contributed by atoms with E-state index in [0.717, 1.165) is 11.4 Å². The molecule has 4 rings (SSSR count). The zero-order valence-electron chi connectivity index (χ0n) is 23.3. The fourth-order valence-electron chi connectivity index (χ4n) is 4.44. The molecule has 0 radical (unpaired) electrons. The van der Waals surface area contributed by atoms with Crippen molar-refractivity contribution < 1.29 is 32.2 Å². The van der Waals surface area contributed by atoms with Gasteiger partial charge >= 0.3 is 6.18 Å². The topological polar surface area (TPSA) is 102 Å². The van der Waals surface area contributed by atoms with Crippen molar-refractivity contribution in [1.82, 2.24) is 25.2 Å². The first-order valence-corrected chi connectivity index (χ1v) is 13.6. The predicted octanol–water partition coefficient (Wildman–Crippen LogP) is 4.27. The second kappa shape index (κ2) is 13.9. The van der Waals surface area contributed by atoms with E-state index in [1.807, 2.05) is 36.5 Å². The molecule has 0 unspecified atom stereocenters. The van der Waals surface area contributed by atoms with Crippen LogP contribution >= 0.6 is 0 Å². The largest absolute Gasteiger partial charge is 0.492 e. The van der Waals surface area contributed by atoms with E-state index in [1.54, 1.807) is 11.0 Å². The smallest absolute Gasteiger partial charge is 0.405 e. The maximum absolute atomic E-state index is 13.3. The van der Waals surface area contributed by atoms with Crippen LogP contribution in [-0.2, 0) is 0 Å². The summed E-state index contributed by atoms with van der Waals surface area (Å²) in [6, 6.07) is 12.0. The highest BCUT2D eigenvalue weighted by Crippen LogP contribution is 2.29. The Morgan fingerprint density at radius 2 is 1.81 bits per heavy atom. The number of halogens is 3. The molecule has 0 spiro atoms. The van der Waals surface area contributed by atoms with Gasteiger partial charge < -0.3 is 24.6 Å². The molecule has 13 heteroatoms. The molecule has 1 aromatic heterocycles. The molecular formula is C29H33F3N6O4. The van der Waals surface area contributed by atoms with Crippen LogP contribution in [0.4, 0.5) is 18.9 Å². The second-order valence-corrected chi connectivity index (χ2v) is 9.49. The van der Waals surface area contributed by atoms with E-state index < -0.39 is 18.6 Å². The summed E-state index contributed by atoms with van der Waals surface area (Å²) >= 11 is 0. The number of hydrogen-bond acceptors (Lipinski definition) is 7. The van der Waals surface area contributed by atoms with E-state index in [0.29, 0.717) is 51.3 Å². The van der Waals surface area contributed by atoms with Gasteiger partial charge in [0.25, 0.3) is 11.8 Å². The highest BCUT2D eigenvalue weighted by molar-refractivity contribution is 5.95. The van der Waals surface area contributed by atoms with Gasteiger partial charge in [0.05, 0.1) is 25.1 Å². The van der Waals surface area contributed by atoms with Gasteiger partial charge in [-0.1, -0.05) is 23.4 Å². The third-order valence-electron chi connectivity index (χ3n) is 6.51. The third-order valence-corrected chi connectivity index (χ3v) is 6.51. The Morgan fingerprint density at radius 3 is 2.52 bits per heavy atom. The summed E-state index contributed by atoms with van der Waals surface area (Å²) in [4.78, 5) is 29.5. The molecule has 0 saturated carbocycles. The van der Waals surface area contributed by atoms with E-state index in [-0.39, 0.29) is 29.5 Å². The summed E-state index contributed by atoms with van der Waals surface area (Å²) in [6.45, 7) is 7.16. The summed E-state index contributed by atoms with van der Waals surface area (Å²) in [7, 11) is 0. The van der Waals surface area contributed by atoms with Gasteiger partial charge in [-0.15, -0.1) is 11.7 Å². The molecule has 224 valence electrons. The third kappa shape index (κ3) is 7.80. The fraction of sp³-hybridized carbons (Fsp3) is 0.379. The molecule has 1 aliphatic rings. The van der Waals surface area contributed by atoms with E-state index >= 15 is 0 Å². The Bertz CT molecular complexity index is 1390. The van der Waals surface area contributed by atoms with Crippen molar-refractivity contribution in [3.8, 4) is 17.2 Å². The summed E-state index contributed by atoms with van der Waals surface area (Å²) in [5.41, 5.74) is 1.48. The number of hydrogen-bond donors (Lipinski definition) is 1. The number of alkyl halides is 3. The molecule has 0 aliphatic carbocycles. The molecule has 10 nitrogen and oxygen atoms in total. The van der Waals surface area contributed by atoms with Gasteiger partial charge in [-0.2, -0.15) is 13.2 Å². The van der Waals surface area contributed by atoms with Crippen LogP contribution in [0.15, 0.2) is 61.3 Å². The molecule has 2 heterocycles. The first kappa shape index (κ1) is 30.4. The van der Waals surface area contributed by atoms with Crippen molar-refractivity contribution in [3.63, 3.8) is 0 Å². The minimum Gasteiger partial charge on any atom is -0.492 e. The average Bonchev–Trinajstić information content (AvgIpc) is 3.48. The highest BCUT2D eigenvalue weighted by atomic mass is 19.4. The van der Waals surface area contributed by atoms with E-state index in [4.69, 9.17) is 9.47 Å². The SMILES string of the molecule is C=CCCCOc1cc(C(=O)NCC(F)(F)F)ccc1-n1cc(C(=O)N2CCN(c3ccccc3OCC)CC2)nn1. The number of ether oxygens (including phenoxy) is 2. The minimum atomic E-state index is -4.54. The van der Waals surface area contributed by atoms with Crippen LogP contribution < -0.4 is 19.7 Å². The minimum absolute atomic E-state index is 0.0121. The van der Waals surface area contributed by atoms with Gasteiger partial charge in [-0.3, -0.25) is 9.59 Å². The number of carbonyl (C=O) groups is 2. The fourth-order valence-corrected chi connectivity index (χ4v) is 4.44. The van der Waals surface area contributed by atoms with Crippen LogP contribution in [-0.4, -0.2) is 83.8 Å². The normalized spacial score (nSPS) is 13.5. The number of aromatic nitrogens is 3. The summed E-state index contributed by atoms with van der Waals surface area (Å²) in [5, 5.41) is 10.0. The molecule has 0 atom stereocenters. The van der Waals surface area contributed by atoms with Crippen LogP contribution in [0.2, 0.25) is 0 Å². The van der Waals surface area contributed by atoms with Gasteiger partial charge in [0.2, 0.25) is 0 Å². The predicted molar refractivity (Wildman–Crippen MR) is 150 cm³/mol. The lowest BCUT2D eigenvalue weighted by atomic mass is 10.1. The van der Waals surface area contributed by atoms with Crippen molar-refractivity contribution in [2.45, 2.75) is 25.9 Å². The lowest BCUT2D eigenvalue weighted by Gasteiger charge is -2.36. The molecule has 0 bridgehead atoms. The highest BCUT2D eigenvalue weighted by Gasteiger charge is 2.29. The Labute approximate surface area is 241 Å². The Morgan fingerprint density at radius 1 is 1.05 bits per heavy atom. The number of unbranched alkanes of at least 4 members (excludes halogenated alkanes) is 1. The first-order chi connectivity index (χ1) is 20.2. The molecule has 2 aromatic carbocycles. The standard InChI is InChI=1S/C29H33F3N6O4/c1-3-5-8-17-42-26-18-21(27(39)33-20-29(30,31)32)11-12-24(26)38-19-22(34-35-38)28(40)37-15-13-36(14-16-37)23-9-6-7-10-25(23)41-4-2/h3,6-7,9-12,18-19H,1,4-5,8,13-17,20H2,2H3,(H,33,39). The molecule has 1 aliphatic heterocycles. The van der Waals surface area contributed by atoms with Crippen molar-refractivity contribution in [1.29, 1.82) is 0 Å². The van der Waals surface area contributed by atoms with Crippen molar-refractivity contribution in [3.05, 3.63) is 72.6 Å². The maximum Gasteiger partial charge on any atom is 0.405 e. The van der Waals surface area contributed by atoms with E-state index in [2.05, 4.69) is 21.8 Å². The van der Waals surface area contributed by atoms with E-state index in [9.17, 15) is 22.8 Å².